The Labute approximate surface area is 104 Å². The predicted octanol–water partition coefficient (Wildman–Crippen LogP) is 1.41. The second-order valence-electron chi connectivity index (χ2n) is 3.49. The van der Waals surface area contributed by atoms with Gasteiger partial charge >= 0.3 is 0 Å². The number of nitrogens with zero attached hydrogens (tertiary/aromatic N) is 4. The van der Waals surface area contributed by atoms with E-state index in [2.05, 4.69) is 42.7 Å². The van der Waals surface area contributed by atoms with Crippen molar-refractivity contribution in [2.75, 3.05) is 38.1 Å². The number of aromatic nitrogens is 2. The van der Waals surface area contributed by atoms with Crippen LogP contribution in [0.25, 0.3) is 0 Å². The Kier molecular flexibility index (Phi) is 4.76. The van der Waals surface area contributed by atoms with Crippen LogP contribution in [0, 0.1) is 0 Å². The van der Waals surface area contributed by atoms with Crippen LogP contribution in [0.2, 0.25) is 0 Å². The van der Waals surface area contributed by atoms with Crippen LogP contribution in [-0.4, -0.2) is 48.1 Å². The normalized spacial score (nSPS) is 17.3. The zero-order chi connectivity index (χ0) is 9.97. The number of likely N-dealkylation sites (N-methyl/N-ethyl adjacent to an activating group) is 1. The van der Waals surface area contributed by atoms with Crippen molar-refractivity contribution in [3.05, 3.63) is 16.9 Å². The van der Waals surface area contributed by atoms with Crippen molar-refractivity contribution in [2.45, 2.75) is 0 Å². The molecule has 0 radical (unpaired) electrons. The molecule has 0 bridgehead atoms. The van der Waals surface area contributed by atoms with Gasteiger partial charge in [-0.3, -0.25) is 0 Å². The lowest BCUT2D eigenvalue weighted by atomic mass is 10.3. The molecule has 1 fully saturated rings. The van der Waals surface area contributed by atoms with Gasteiger partial charge in [0.15, 0.2) is 0 Å². The van der Waals surface area contributed by atoms with E-state index in [1.807, 2.05) is 0 Å². The largest absolute Gasteiger partial charge is 0.338 e. The minimum Gasteiger partial charge on any atom is -0.338 e. The maximum Gasteiger partial charge on any atom is 0.225 e. The van der Waals surface area contributed by atoms with E-state index < -0.39 is 0 Å². The molecule has 2 heterocycles. The molecule has 1 aromatic heterocycles. The molecule has 1 aliphatic rings. The van der Waals surface area contributed by atoms with Crippen molar-refractivity contribution in [2.24, 2.45) is 0 Å². The van der Waals surface area contributed by atoms with Crippen molar-refractivity contribution in [3.63, 3.8) is 0 Å². The summed E-state index contributed by atoms with van der Waals surface area (Å²) < 4.78 is 0.926. The molecule has 2 rings (SSSR count). The number of hydrogen-bond donors (Lipinski definition) is 0. The molecular formula is C9H14BrClN4. The summed E-state index contributed by atoms with van der Waals surface area (Å²) in [5.41, 5.74) is 0. The van der Waals surface area contributed by atoms with Gasteiger partial charge in [0.2, 0.25) is 5.95 Å². The van der Waals surface area contributed by atoms with Crippen molar-refractivity contribution in [3.8, 4) is 0 Å². The monoisotopic (exact) mass is 292 g/mol. The molecule has 6 heteroatoms. The lowest BCUT2D eigenvalue weighted by molar-refractivity contribution is 0.311. The van der Waals surface area contributed by atoms with Gasteiger partial charge in [-0.1, -0.05) is 0 Å². The van der Waals surface area contributed by atoms with Gasteiger partial charge in [-0.25, -0.2) is 9.97 Å². The maximum absolute atomic E-state index is 4.28. The number of halogens is 2. The summed E-state index contributed by atoms with van der Waals surface area (Å²) in [5.74, 6) is 0.835. The molecule has 0 spiro atoms. The van der Waals surface area contributed by atoms with E-state index in [1.165, 1.54) is 0 Å². The van der Waals surface area contributed by atoms with E-state index in [9.17, 15) is 0 Å². The minimum atomic E-state index is 0. The van der Waals surface area contributed by atoms with E-state index in [0.29, 0.717) is 0 Å². The molecule has 0 unspecified atom stereocenters. The van der Waals surface area contributed by atoms with Gasteiger partial charge in [0.05, 0.1) is 4.47 Å². The number of piperazine rings is 1. The van der Waals surface area contributed by atoms with Crippen molar-refractivity contribution in [1.29, 1.82) is 0 Å². The summed E-state index contributed by atoms with van der Waals surface area (Å²) >= 11 is 3.33. The highest BCUT2D eigenvalue weighted by atomic mass is 79.9. The Morgan fingerprint density at radius 3 is 2.20 bits per heavy atom. The van der Waals surface area contributed by atoms with Crippen LogP contribution in [0.4, 0.5) is 5.95 Å². The Hall–Kier alpha value is -0.390. The predicted molar refractivity (Wildman–Crippen MR) is 66.7 cm³/mol. The summed E-state index contributed by atoms with van der Waals surface area (Å²) in [6.07, 6.45) is 3.58. The quantitative estimate of drug-likeness (QED) is 0.784. The van der Waals surface area contributed by atoms with Crippen LogP contribution in [0.5, 0.6) is 0 Å². The molecule has 1 aromatic rings. The molecule has 1 aliphatic heterocycles. The Bertz CT molecular complexity index is 297. The van der Waals surface area contributed by atoms with E-state index in [4.69, 9.17) is 0 Å². The van der Waals surface area contributed by atoms with Crippen molar-refractivity contribution < 1.29 is 0 Å². The van der Waals surface area contributed by atoms with Crippen molar-refractivity contribution >= 4 is 34.3 Å². The summed E-state index contributed by atoms with van der Waals surface area (Å²) in [7, 11) is 2.14. The maximum atomic E-state index is 4.28. The average molecular weight is 294 g/mol. The van der Waals surface area contributed by atoms with Gasteiger partial charge in [-0.15, -0.1) is 12.4 Å². The van der Waals surface area contributed by atoms with Crippen molar-refractivity contribution in [1.82, 2.24) is 14.9 Å². The fraction of sp³-hybridized carbons (Fsp3) is 0.556. The van der Waals surface area contributed by atoms with E-state index in [-0.39, 0.29) is 12.4 Å². The Balaban J connectivity index is 0.00000112. The third kappa shape index (κ3) is 3.29. The molecule has 0 atom stereocenters. The molecule has 0 N–H and O–H groups in total. The lowest BCUT2D eigenvalue weighted by Gasteiger charge is -2.32. The highest BCUT2D eigenvalue weighted by Crippen LogP contribution is 2.12. The first-order chi connectivity index (χ1) is 6.75. The van der Waals surface area contributed by atoms with E-state index in [0.717, 1.165) is 36.6 Å². The zero-order valence-corrected chi connectivity index (χ0v) is 11.0. The Morgan fingerprint density at radius 1 is 1.13 bits per heavy atom. The SMILES string of the molecule is CN1CCN(c2ncc(Br)cn2)CC1.Cl. The van der Waals surface area contributed by atoms with Crippen LogP contribution in [0.3, 0.4) is 0 Å². The highest BCUT2D eigenvalue weighted by molar-refractivity contribution is 9.10. The molecule has 0 aromatic carbocycles. The third-order valence-corrected chi connectivity index (χ3v) is 2.80. The third-order valence-electron chi connectivity index (χ3n) is 2.39. The average Bonchev–Trinajstić information content (AvgIpc) is 2.21. The standard InChI is InChI=1S/C9H13BrN4.ClH/c1-13-2-4-14(5-3-13)9-11-6-8(10)7-12-9;/h6-7H,2-5H2,1H3;1H. The zero-order valence-electron chi connectivity index (χ0n) is 8.56. The lowest BCUT2D eigenvalue weighted by Crippen LogP contribution is -2.45. The summed E-state index contributed by atoms with van der Waals surface area (Å²) in [5, 5.41) is 0. The summed E-state index contributed by atoms with van der Waals surface area (Å²) in [6, 6.07) is 0. The summed E-state index contributed by atoms with van der Waals surface area (Å²) in [4.78, 5) is 13.1. The molecule has 15 heavy (non-hydrogen) atoms. The minimum absolute atomic E-state index is 0. The van der Waals surface area contributed by atoms with Crippen LogP contribution < -0.4 is 4.90 Å². The van der Waals surface area contributed by atoms with E-state index in [1.54, 1.807) is 12.4 Å². The van der Waals surface area contributed by atoms with Crippen LogP contribution in [0.15, 0.2) is 16.9 Å². The van der Waals surface area contributed by atoms with Crippen LogP contribution in [0.1, 0.15) is 0 Å². The molecule has 84 valence electrons. The first-order valence-corrected chi connectivity index (χ1v) is 5.46. The second-order valence-corrected chi connectivity index (χ2v) is 4.41. The van der Waals surface area contributed by atoms with Crippen LogP contribution >= 0.6 is 28.3 Å². The molecule has 0 saturated carbocycles. The van der Waals surface area contributed by atoms with Gasteiger partial charge in [-0.05, 0) is 23.0 Å². The summed E-state index contributed by atoms with van der Waals surface area (Å²) in [6.45, 7) is 4.19. The van der Waals surface area contributed by atoms with Gasteiger partial charge in [0, 0.05) is 38.6 Å². The fourth-order valence-corrected chi connectivity index (χ4v) is 1.68. The molecule has 0 amide bonds. The first-order valence-electron chi connectivity index (χ1n) is 4.67. The number of hydrogen-bond acceptors (Lipinski definition) is 4. The topological polar surface area (TPSA) is 32.3 Å². The van der Waals surface area contributed by atoms with Crippen LogP contribution in [-0.2, 0) is 0 Å². The van der Waals surface area contributed by atoms with E-state index >= 15 is 0 Å². The van der Waals surface area contributed by atoms with Gasteiger partial charge < -0.3 is 9.80 Å². The second kappa shape index (κ2) is 5.63. The van der Waals surface area contributed by atoms with Gasteiger partial charge in [-0.2, -0.15) is 0 Å². The number of anilines is 1. The highest BCUT2D eigenvalue weighted by Gasteiger charge is 2.15. The Morgan fingerprint density at radius 2 is 1.67 bits per heavy atom. The van der Waals surface area contributed by atoms with Gasteiger partial charge in [0.1, 0.15) is 0 Å². The molecule has 4 nitrogen and oxygen atoms in total. The molecule has 0 aliphatic carbocycles. The smallest absolute Gasteiger partial charge is 0.225 e. The van der Waals surface area contributed by atoms with Gasteiger partial charge in [0.25, 0.3) is 0 Å². The fourth-order valence-electron chi connectivity index (χ4n) is 1.48. The molecule has 1 saturated heterocycles. The molecular weight excluding hydrogens is 279 g/mol. The number of rotatable bonds is 1. The first kappa shape index (κ1) is 12.7.